The van der Waals surface area contributed by atoms with E-state index in [9.17, 15) is 4.79 Å². The van der Waals surface area contributed by atoms with E-state index in [1.54, 1.807) is 0 Å². The number of carboxylic acid groups (broad SMARTS) is 1. The van der Waals surface area contributed by atoms with Crippen LogP contribution >= 0.6 is 0 Å². The van der Waals surface area contributed by atoms with Crippen molar-refractivity contribution in [3.05, 3.63) is 17.6 Å². The Morgan fingerprint density at radius 2 is 2.22 bits per heavy atom. The molecule has 0 aromatic carbocycles. The number of rotatable bonds is 7. The first-order valence-electron chi connectivity index (χ1n) is 5.88. The van der Waals surface area contributed by atoms with Gasteiger partial charge < -0.3 is 15.2 Å². The number of ether oxygens (including phenoxy) is 1. The van der Waals surface area contributed by atoms with E-state index in [1.807, 2.05) is 26.8 Å². The van der Waals surface area contributed by atoms with E-state index in [0.717, 1.165) is 17.3 Å². The summed E-state index contributed by atoms with van der Waals surface area (Å²) in [6.45, 7) is 6.55. The average molecular weight is 253 g/mol. The molecule has 6 nitrogen and oxygen atoms in total. The Balaban J connectivity index is 2.44. The highest BCUT2D eigenvalue weighted by Gasteiger charge is 2.05. The maximum atomic E-state index is 10.2. The van der Waals surface area contributed by atoms with Crippen molar-refractivity contribution in [3.8, 4) is 0 Å². The van der Waals surface area contributed by atoms with E-state index in [0.29, 0.717) is 13.2 Å². The van der Waals surface area contributed by atoms with Gasteiger partial charge in [0.25, 0.3) is 0 Å². The molecule has 0 saturated heterocycles. The molecule has 1 aromatic rings. The second kappa shape index (κ2) is 6.90. The molecule has 0 aliphatic carbocycles. The van der Waals surface area contributed by atoms with Gasteiger partial charge in [-0.25, -0.2) is 14.8 Å². The Morgan fingerprint density at radius 1 is 1.50 bits per heavy atom. The lowest BCUT2D eigenvalue weighted by molar-refractivity contribution is -0.142. The average Bonchev–Trinajstić information content (AvgIpc) is 2.27. The first-order valence-corrected chi connectivity index (χ1v) is 5.88. The fraction of sp³-hybridized carbons (Fsp3) is 0.583. The molecule has 0 spiro atoms. The zero-order valence-electron chi connectivity index (χ0n) is 10.9. The van der Waals surface area contributed by atoms with Crippen LogP contribution in [0.25, 0.3) is 0 Å². The molecule has 1 rings (SSSR count). The second-order valence-corrected chi connectivity index (χ2v) is 4.28. The summed E-state index contributed by atoms with van der Waals surface area (Å²) in [6, 6.07) is 1.85. The Labute approximate surface area is 106 Å². The van der Waals surface area contributed by atoms with Crippen LogP contribution in [0.5, 0.6) is 0 Å². The van der Waals surface area contributed by atoms with Gasteiger partial charge in [0.15, 0.2) is 0 Å². The Bertz CT molecular complexity index is 408. The number of aromatic nitrogens is 2. The molecule has 0 bridgehead atoms. The molecule has 18 heavy (non-hydrogen) atoms. The number of aliphatic carboxylic acids is 1. The maximum absolute atomic E-state index is 10.2. The van der Waals surface area contributed by atoms with E-state index >= 15 is 0 Å². The van der Waals surface area contributed by atoms with Crippen molar-refractivity contribution in [2.24, 2.45) is 0 Å². The lowest BCUT2D eigenvalue weighted by atomic mass is 10.2. The van der Waals surface area contributed by atoms with Crippen molar-refractivity contribution >= 4 is 11.8 Å². The second-order valence-electron chi connectivity index (χ2n) is 4.28. The van der Waals surface area contributed by atoms with Gasteiger partial charge in [-0.05, 0) is 6.92 Å². The van der Waals surface area contributed by atoms with Crippen molar-refractivity contribution in [2.45, 2.75) is 26.7 Å². The lowest BCUT2D eigenvalue weighted by Gasteiger charge is -2.10. The van der Waals surface area contributed by atoms with E-state index in [1.165, 1.54) is 0 Å². The number of carboxylic acids is 1. The predicted octanol–water partition coefficient (Wildman–Crippen LogP) is 1.42. The van der Waals surface area contributed by atoms with Crippen LogP contribution < -0.4 is 5.32 Å². The van der Waals surface area contributed by atoms with Gasteiger partial charge in [-0.15, -0.1) is 0 Å². The molecule has 0 saturated carbocycles. The van der Waals surface area contributed by atoms with Gasteiger partial charge in [0.1, 0.15) is 18.2 Å². The molecule has 0 fully saturated rings. The van der Waals surface area contributed by atoms with Crippen molar-refractivity contribution in [1.29, 1.82) is 0 Å². The molecule has 0 radical (unpaired) electrons. The van der Waals surface area contributed by atoms with Gasteiger partial charge in [0, 0.05) is 24.2 Å². The van der Waals surface area contributed by atoms with Crippen LogP contribution in [0, 0.1) is 6.92 Å². The number of aryl methyl sites for hydroxylation is 1. The number of hydrogen-bond acceptors (Lipinski definition) is 5. The summed E-state index contributed by atoms with van der Waals surface area (Å²) >= 11 is 0. The molecule has 0 aliphatic heterocycles. The van der Waals surface area contributed by atoms with E-state index in [2.05, 4.69) is 15.3 Å². The summed E-state index contributed by atoms with van der Waals surface area (Å²) in [5.74, 6) is 0.845. The highest BCUT2D eigenvalue weighted by Crippen LogP contribution is 2.13. The number of carbonyl (C=O) groups is 1. The molecular weight excluding hydrogens is 234 g/mol. The van der Waals surface area contributed by atoms with Crippen LogP contribution in [0.1, 0.15) is 31.3 Å². The molecule has 6 heteroatoms. The van der Waals surface area contributed by atoms with Gasteiger partial charge in [-0.1, -0.05) is 13.8 Å². The SMILES string of the molecule is Cc1cc(NCCOCC(=O)O)nc(C(C)C)n1. The largest absolute Gasteiger partial charge is 0.480 e. The molecule has 0 unspecified atom stereocenters. The highest BCUT2D eigenvalue weighted by atomic mass is 16.5. The zero-order valence-corrected chi connectivity index (χ0v) is 10.9. The number of anilines is 1. The van der Waals surface area contributed by atoms with Crippen LogP contribution in [0.15, 0.2) is 6.07 Å². The fourth-order valence-electron chi connectivity index (χ4n) is 1.35. The lowest BCUT2D eigenvalue weighted by Crippen LogP contribution is -2.15. The van der Waals surface area contributed by atoms with Crippen LogP contribution in [0.4, 0.5) is 5.82 Å². The summed E-state index contributed by atoms with van der Waals surface area (Å²) in [5, 5.41) is 11.5. The summed E-state index contributed by atoms with van der Waals surface area (Å²) in [6.07, 6.45) is 0. The van der Waals surface area contributed by atoms with Crippen molar-refractivity contribution in [3.63, 3.8) is 0 Å². The van der Waals surface area contributed by atoms with E-state index < -0.39 is 5.97 Å². The normalized spacial score (nSPS) is 10.7. The van der Waals surface area contributed by atoms with E-state index in [-0.39, 0.29) is 12.5 Å². The van der Waals surface area contributed by atoms with Crippen LogP contribution in [-0.4, -0.2) is 40.8 Å². The third kappa shape index (κ3) is 5.09. The topological polar surface area (TPSA) is 84.3 Å². The summed E-state index contributed by atoms with van der Waals surface area (Å²) < 4.78 is 4.92. The monoisotopic (exact) mass is 253 g/mol. The first kappa shape index (κ1) is 14.4. The molecule has 100 valence electrons. The van der Waals surface area contributed by atoms with Crippen molar-refractivity contribution in [2.75, 3.05) is 25.1 Å². The Morgan fingerprint density at radius 3 is 2.83 bits per heavy atom. The predicted molar refractivity (Wildman–Crippen MR) is 67.8 cm³/mol. The molecule has 1 aromatic heterocycles. The summed E-state index contributed by atoms with van der Waals surface area (Å²) in [7, 11) is 0. The van der Waals surface area contributed by atoms with Crippen LogP contribution in [0.3, 0.4) is 0 Å². The number of nitrogens with zero attached hydrogens (tertiary/aromatic N) is 2. The quantitative estimate of drug-likeness (QED) is 0.715. The molecule has 0 aliphatic rings. The smallest absolute Gasteiger partial charge is 0.329 e. The van der Waals surface area contributed by atoms with Crippen LogP contribution in [-0.2, 0) is 9.53 Å². The fourth-order valence-corrected chi connectivity index (χ4v) is 1.35. The minimum absolute atomic E-state index is 0.272. The maximum Gasteiger partial charge on any atom is 0.329 e. The molecule has 2 N–H and O–H groups in total. The van der Waals surface area contributed by atoms with Crippen molar-refractivity contribution < 1.29 is 14.6 Å². The number of nitrogens with one attached hydrogen (secondary N) is 1. The summed E-state index contributed by atoms with van der Waals surface area (Å²) in [5.41, 5.74) is 0.905. The Kier molecular flexibility index (Phi) is 5.51. The highest BCUT2D eigenvalue weighted by molar-refractivity contribution is 5.67. The van der Waals surface area contributed by atoms with Gasteiger partial charge >= 0.3 is 5.97 Å². The third-order valence-electron chi connectivity index (χ3n) is 2.17. The Hall–Kier alpha value is -1.69. The minimum Gasteiger partial charge on any atom is -0.480 e. The van der Waals surface area contributed by atoms with Crippen LogP contribution in [0.2, 0.25) is 0 Å². The molecule has 0 atom stereocenters. The van der Waals surface area contributed by atoms with Gasteiger partial charge in [0.05, 0.1) is 6.61 Å². The standard InChI is InChI=1S/C12H19N3O3/c1-8(2)12-14-9(3)6-10(15-12)13-4-5-18-7-11(16)17/h6,8H,4-5,7H2,1-3H3,(H,16,17)(H,13,14,15). The zero-order chi connectivity index (χ0) is 13.5. The molecule has 1 heterocycles. The summed E-state index contributed by atoms with van der Waals surface area (Å²) in [4.78, 5) is 18.9. The minimum atomic E-state index is -0.963. The van der Waals surface area contributed by atoms with Gasteiger partial charge in [-0.2, -0.15) is 0 Å². The third-order valence-corrected chi connectivity index (χ3v) is 2.17. The van der Waals surface area contributed by atoms with Gasteiger partial charge in [-0.3, -0.25) is 0 Å². The molecule has 0 amide bonds. The molecular formula is C12H19N3O3. The van der Waals surface area contributed by atoms with Crippen molar-refractivity contribution in [1.82, 2.24) is 9.97 Å². The first-order chi connectivity index (χ1) is 8.49. The number of hydrogen-bond donors (Lipinski definition) is 2. The van der Waals surface area contributed by atoms with Gasteiger partial charge in [0.2, 0.25) is 0 Å². The van der Waals surface area contributed by atoms with E-state index in [4.69, 9.17) is 9.84 Å².